The molecule has 1 aliphatic heterocycles. The summed E-state index contributed by atoms with van der Waals surface area (Å²) in [6.45, 7) is 2.94. The first-order valence-corrected chi connectivity index (χ1v) is 4.53. The van der Waals surface area contributed by atoms with Crippen molar-refractivity contribution in [3.63, 3.8) is 0 Å². The summed E-state index contributed by atoms with van der Waals surface area (Å²) in [4.78, 5) is 4.20. The van der Waals surface area contributed by atoms with Crippen LogP contribution in [0.25, 0.3) is 0 Å². The minimum atomic E-state index is 0.256. The summed E-state index contributed by atoms with van der Waals surface area (Å²) in [5, 5.41) is 0.627. The van der Waals surface area contributed by atoms with Crippen LogP contribution in [-0.2, 0) is 13.0 Å². The fraction of sp³-hybridized carbons (Fsp3) is 0.625. The van der Waals surface area contributed by atoms with Crippen molar-refractivity contribution < 1.29 is 0 Å². The number of hydrogen-bond acceptors (Lipinski definition) is 2. The zero-order chi connectivity index (χ0) is 8.72. The molecule has 1 aromatic rings. The van der Waals surface area contributed by atoms with Crippen LogP contribution in [0.2, 0.25) is 5.15 Å². The average Bonchev–Trinajstić information content (AvgIpc) is 2.28. The van der Waals surface area contributed by atoms with Gasteiger partial charge in [-0.15, -0.1) is 0 Å². The monoisotopic (exact) mass is 185 g/mol. The van der Waals surface area contributed by atoms with E-state index in [1.807, 2.05) is 6.92 Å². The smallest absolute Gasteiger partial charge is 0.150 e. The normalized spacial score (nSPS) is 22.4. The molecule has 0 spiro atoms. The molecule has 1 unspecified atom stereocenters. The van der Waals surface area contributed by atoms with E-state index in [2.05, 4.69) is 9.55 Å². The molecule has 0 fully saturated rings. The molecular weight excluding hydrogens is 174 g/mol. The van der Waals surface area contributed by atoms with Crippen molar-refractivity contribution in [2.24, 2.45) is 5.73 Å². The van der Waals surface area contributed by atoms with E-state index in [-0.39, 0.29) is 6.04 Å². The fourth-order valence-corrected chi connectivity index (χ4v) is 2.01. The third-order valence-corrected chi connectivity index (χ3v) is 2.70. The molecular formula is C8H12ClN3. The number of aryl methyl sites for hydroxylation is 1. The van der Waals surface area contributed by atoms with Gasteiger partial charge in [-0.25, -0.2) is 4.98 Å². The highest BCUT2D eigenvalue weighted by Crippen LogP contribution is 2.23. The maximum Gasteiger partial charge on any atom is 0.150 e. The molecule has 1 aromatic heterocycles. The number of nitrogens with zero attached hydrogens (tertiary/aromatic N) is 2. The van der Waals surface area contributed by atoms with Gasteiger partial charge in [-0.2, -0.15) is 0 Å². The Kier molecular flexibility index (Phi) is 1.85. The second-order valence-electron chi connectivity index (χ2n) is 3.30. The summed E-state index contributed by atoms with van der Waals surface area (Å²) in [7, 11) is 0. The van der Waals surface area contributed by atoms with Gasteiger partial charge < -0.3 is 10.3 Å². The summed E-state index contributed by atoms with van der Waals surface area (Å²) in [5.41, 5.74) is 6.93. The van der Waals surface area contributed by atoms with Gasteiger partial charge in [0.05, 0.1) is 5.69 Å². The van der Waals surface area contributed by atoms with Crippen molar-refractivity contribution in [2.45, 2.75) is 32.4 Å². The van der Waals surface area contributed by atoms with Gasteiger partial charge in [0.2, 0.25) is 0 Å². The van der Waals surface area contributed by atoms with Crippen molar-refractivity contribution in [1.29, 1.82) is 0 Å². The van der Waals surface area contributed by atoms with E-state index in [4.69, 9.17) is 17.3 Å². The molecule has 2 rings (SSSR count). The van der Waals surface area contributed by atoms with E-state index in [9.17, 15) is 0 Å². The molecule has 4 heteroatoms. The minimum Gasteiger partial charge on any atom is -0.331 e. The Bertz CT molecular complexity index is 305. The Morgan fingerprint density at radius 3 is 3.17 bits per heavy atom. The van der Waals surface area contributed by atoms with Crippen LogP contribution < -0.4 is 5.73 Å². The van der Waals surface area contributed by atoms with Gasteiger partial charge in [0.15, 0.2) is 5.15 Å². The van der Waals surface area contributed by atoms with Crippen LogP contribution in [-0.4, -0.2) is 15.6 Å². The quantitative estimate of drug-likeness (QED) is 0.659. The lowest BCUT2D eigenvalue weighted by Crippen LogP contribution is -2.30. The van der Waals surface area contributed by atoms with Crippen molar-refractivity contribution in [1.82, 2.24) is 9.55 Å². The molecule has 0 radical (unpaired) electrons. The van der Waals surface area contributed by atoms with Crippen LogP contribution in [0.1, 0.15) is 17.9 Å². The Labute approximate surface area is 76.5 Å². The Morgan fingerprint density at radius 1 is 1.67 bits per heavy atom. The second-order valence-corrected chi connectivity index (χ2v) is 3.66. The van der Waals surface area contributed by atoms with Crippen LogP contribution in [0.15, 0.2) is 0 Å². The van der Waals surface area contributed by atoms with Gasteiger partial charge in [-0.05, 0) is 13.3 Å². The van der Waals surface area contributed by atoms with E-state index < -0.39 is 0 Å². The van der Waals surface area contributed by atoms with Gasteiger partial charge in [0.1, 0.15) is 5.82 Å². The van der Waals surface area contributed by atoms with E-state index in [0.717, 1.165) is 30.9 Å². The molecule has 2 N–H and O–H groups in total. The summed E-state index contributed by atoms with van der Waals surface area (Å²) < 4.78 is 2.16. The van der Waals surface area contributed by atoms with Gasteiger partial charge in [0.25, 0.3) is 0 Å². The first kappa shape index (κ1) is 8.08. The first-order valence-electron chi connectivity index (χ1n) is 4.15. The van der Waals surface area contributed by atoms with E-state index in [1.165, 1.54) is 0 Å². The number of imidazole rings is 1. The molecule has 0 aliphatic carbocycles. The maximum atomic E-state index is 5.94. The predicted octanol–water partition coefficient (Wildman–Crippen LogP) is 1.12. The highest BCUT2D eigenvalue weighted by atomic mass is 35.5. The first-order chi connectivity index (χ1) is 5.68. The van der Waals surface area contributed by atoms with Crippen molar-refractivity contribution in [3.05, 3.63) is 16.7 Å². The largest absolute Gasteiger partial charge is 0.331 e. The molecule has 2 heterocycles. The number of rotatable bonds is 0. The van der Waals surface area contributed by atoms with Gasteiger partial charge >= 0.3 is 0 Å². The topological polar surface area (TPSA) is 43.8 Å². The number of aromatic nitrogens is 2. The highest BCUT2D eigenvalue weighted by Gasteiger charge is 2.20. The number of halogens is 1. The summed E-state index contributed by atoms with van der Waals surface area (Å²) >= 11 is 5.94. The lowest BCUT2D eigenvalue weighted by atomic mass is 10.1. The van der Waals surface area contributed by atoms with Crippen LogP contribution >= 0.6 is 11.6 Å². The van der Waals surface area contributed by atoms with Crippen molar-refractivity contribution in [2.75, 3.05) is 0 Å². The number of fused-ring (bicyclic) bond motifs is 1. The second kappa shape index (κ2) is 2.75. The molecule has 1 atom stereocenters. The van der Waals surface area contributed by atoms with Gasteiger partial charge in [-0.1, -0.05) is 11.6 Å². The summed E-state index contributed by atoms with van der Waals surface area (Å²) in [6.07, 6.45) is 1.89. The SMILES string of the molecule is Cc1nc(Cl)c2n1CCC(N)C2. The zero-order valence-electron chi connectivity index (χ0n) is 7.05. The van der Waals surface area contributed by atoms with Crippen LogP contribution in [0.3, 0.4) is 0 Å². The number of nitrogens with two attached hydrogens (primary N) is 1. The molecule has 0 saturated carbocycles. The molecule has 12 heavy (non-hydrogen) atoms. The Balaban J connectivity index is 2.45. The molecule has 1 aliphatic rings. The van der Waals surface area contributed by atoms with Gasteiger partial charge in [0, 0.05) is 19.0 Å². The molecule has 0 amide bonds. The standard InChI is InChI=1S/C8H12ClN3/c1-5-11-8(9)7-4-6(10)2-3-12(5)7/h6H,2-4,10H2,1H3. The van der Waals surface area contributed by atoms with Gasteiger partial charge in [-0.3, -0.25) is 0 Å². The van der Waals surface area contributed by atoms with Crippen LogP contribution in [0, 0.1) is 6.92 Å². The fourth-order valence-electron chi connectivity index (χ4n) is 1.71. The van der Waals surface area contributed by atoms with E-state index >= 15 is 0 Å². The summed E-state index contributed by atoms with van der Waals surface area (Å²) in [5.74, 6) is 1.00. The zero-order valence-corrected chi connectivity index (χ0v) is 7.80. The van der Waals surface area contributed by atoms with Crippen LogP contribution in [0.5, 0.6) is 0 Å². The Morgan fingerprint density at radius 2 is 2.42 bits per heavy atom. The van der Waals surface area contributed by atoms with Crippen molar-refractivity contribution >= 4 is 11.6 Å². The third kappa shape index (κ3) is 1.13. The maximum absolute atomic E-state index is 5.94. The lowest BCUT2D eigenvalue weighted by molar-refractivity contribution is 0.465. The molecule has 66 valence electrons. The molecule has 0 saturated heterocycles. The van der Waals surface area contributed by atoms with Crippen LogP contribution in [0.4, 0.5) is 0 Å². The molecule has 3 nitrogen and oxygen atoms in total. The average molecular weight is 186 g/mol. The third-order valence-electron chi connectivity index (χ3n) is 2.39. The van der Waals surface area contributed by atoms with E-state index in [1.54, 1.807) is 0 Å². The molecule has 0 aromatic carbocycles. The lowest BCUT2D eigenvalue weighted by Gasteiger charge is -2.21. The summed E-state index contributed by atoms with van der Waals surface area (Å²) in [6, 6.07) is 0.256. The number of hydrogen-bond donors (Lipinski definition) is 1. The predicted molar refractivity (Wildman–Crippen MR) is 48.3 cm³/mol. The minimum absolute atomic E-state index is 0.256. The highest BCUT2D eigenvalue weighted by molar-refractivity contribution is 6.30. The molecule has 0 bridgehead atoms. The Hall–Kier alpha value is -0.540. The van der Waals surface area contributed by atoms with E-state index in [0.29, 0.717) is 5.15 Å². The van der Waals surface area contributed by atoms with Crippen molar-refractivity contribution in [3.8, 4) is 0 Å².